The van der Waals surface area contributed by atoms with Crippen molar-refractivity contribution in [1.82, 2.24) is 20.0 Å². The van der Waals surface area contributed by atoms with Crippen molar-refractivity contribution < 1.29 is 22.8 Å². The van der Waals surface area contributed by atoms with Gasteiger partial charge >= 0.3 is 6.18 Å². The highest BCUT2D eigenvalue weighted by Crippen LogP contribution is 2.32. The Kier molecular flexibility index (Phi) is 4.71. The first-order valence-electron chi connectivity index (χ1n) is 7.97. The number of rotatable bonds is 4. The SMILES string of the molecule is Cn1nccc1C(=O)NC1CC(=O)N(Cc2ccccc2C(F)(F)F)C1. The molecule has 1 aromatic carbocycles. The van der Waals surface area contributed by atoms with E-state index in [1.165, 1.54) is 34.0 Å². The lowest BCUT2D eigenvalue weighted by Crippen LogP contribution is -2.38. The standard InChI is InChI=1S/C17H17F3N4O2/c1-23-14(6-7-21-23)16(26)22-12-8-15(25)24(10-12)9-11-4-2-3-5-13(11)17(18,19)20/h2-7,12H,8-10H2,1H3,(H,22,26). The molecule has 0 radical (unpaired) electrons. The van der Waals surface area contributed by atoms with Gasteiger partial charge in [-0.05, 0) is 17.7 Å². The highest BCUT2D eigenvalue weighted by atomic mass is 19.4. The van der Waals surface area contributed by atoms with Gasteiger partial charge in [0.15, 0.2) is 0 Å². The summed E-state index contributed by atoms with van der Waals surface area (Å²) in [6.45, 7) is 0.0151. The molecule has 1 aliphatic rings. The molecular weight excluding hydrogens is 349 g/mol. The maximum atomic E-state index is 13.1. The zero-order chi connectivity index (χ0) is 18.9. The Morgan fingerprint density at radius 2 is 2.04 bits per heavy atom. The van der Waals surface area contributed by atoms with Crippen LogP contribution in [0, 0.1) is 0 Å². The summed E-state index contributed by atoms with van der Waals surface area (Å²) in [7, 11) is 1.62. The number of aromatic nitrogens is 2. The number of amides is 2. The van der Waals surface area contributed by atoms with E-state index in [1.807, 2.05) is 0 Å². The molecule has 6 nitrogen and oxygen atoms in total. The van der Waals surface area contributed by atoms with Crippen LogP contribution >= 0.6 is 0 Å². The molecule has 1 N–H and O–H groups in total. The predicted octanol–water partition coefficient (Wildman–Crippen LogP) is 1.97. The van der Waals surface area contributed by atoms with E-state index in [0.29, 0.717) is 5.69 Å². The second-order valence-corrected chi connectivity index (χ2v) is 6.14. The number of carbonyl (C=O) groups is 2. The molecule has 1 aliphatic heterocycles. The lowest BCUT2D eigenvalue weighted by atomic mass is 10.1. The number of alkyl halides is 3. The van der Waals surface area contributed by atoms with E-state index in [-0.39, 0.29) is 36.9 Å². The molecule has 2 aromatic rings. The average Bonchev–Trinajstić information content (AvgIpc) is 3.13. The lowest BCUT2D eigenvalue weighted by Gasteiger charge is -2.20. The van der Waals surface area contributed by atoms with Crippen LogP contribution in [0.25, 0.3) is 0 Å². The zero-order valence-electron chi connectivity index (χ0n) is 14.0. The maximum absolute atomic E-state index is 13.1. The first kappa shape index (κ1) is 18.0. The molecule has 0 bridgehead atoms. The number of hydrogen-bond donors (Lipinski definition) is 1. The topological polar surface area (TPSA) is 67.2 Å². The fourth-order valence-corrected chi connectivity index (χ4v) is 3.02. The predicted molar refractivity (Wildman–Crippen MR) is 85.9 cm³/mol. The number of aryl methyl sites for hydroxylation is 1. The minimum absolute atomic E-state index is 0.0342. The fraction of sp³-hybridized carbons (Fsp3) is 0.353. The van der Waals surface area contributed by atoms with Gasteiger partial charge in [0.2, 0.25) is 5.91 Å². The third-order valence-electron chi connectivity index (χ3n) is 4.29. The van der Waals surface area contributed by atoms with Gasteiger partial charge in [0, 0.05) is 32.8 Å². The van der Waals surface area contributed by atoms with Crippen molar-refractivity contribution in [2.24, 2.45) is 7.05 Å². The van der Waals surface area contributed by atoms with Gasteiger partial charge in [-0.3, -0.25) is 14.3 Å². The summed E-state index contributed by atoms with van der Waals surface area (Å²) in [5, 5.41) is 6.63. The van der Waals surface area contributed by atoms with Crippen molar-refractivity contribution in [3.63, 3.8) is 0 Å². The molecule has 2 heterocycles. The number of nitrogens with zero attached hydrogens (tertiary/aromatic N) is 3. The molecule has 138 valence electrons. The summed E-state index contributed by atoms with van der Waals surface area (Å²) >= 11 is 0. The monoisotopic (exact) mass is 366 g/mol. The number of benzene rings is 1. The van der Waals surface area contributed by atoms with E-state index >= 15 is 0 Å². The van der Waals surface area contributed by atoms with Crippen LogP contribution in [-0.2, 0) is 24.6 Å². The summed E-state index contributed by atoms with van der Waals surface area (Å²) in [6.07, 6.45) is -2.95. The molecule has 1 saturated heterocycles. The number of likely N-dealkylation sites (tertiary alicyclic amines) is 1. The minimum atomic E-state index is -4.48. The fourth-order valence-electron chi connectivity index (χ4n) is 3.02. The van der Waals surface area contributed by atoms with Crippen molar-refractivity contribution in [1.29, 1.82) is 0 Å². The van der Waals surface area contributed by atoms with E-state index in [9.17, 15) is 22.8 Å². The Morgan fingerprint density at radius 3 is 2.69 bits per heavy atom. The van der Waals surface area contributed by atoms with Crippen LogP contribution in [0.2, 0.25) is 0 Å². The van der Waals surface area contributed by atoms with Crippen LogP contribution in [0.4, 0.5) is 13.2 Å². The average molecular weight is 366 g/mol. The van der Waals surface area contributed by atoms with Crippen molar-refractivity contribution in [2.45, 2.75) is 25.2 Å². The summed E-state index contributed by atoms with van der Waals surface area (Å²) in [5.74, 6) is -0.669. The van der Waals surface area contributed by atoms with Crippen LogP contribution in [0.3, 0.4) is 0 Å². The zero-order valence-corrected chi connectivity index (χ0v) is 14.0. The van der Waals surface area contributed by atoms with Crippen LogP contribution in [0.1, 0.15) is 28.0 Å². The van der Waals surface area contributed by atoms with E-state index in [2.05, 4.69) is 10.4 Å². The van der Waals surface area contributed by atoms with Crippen LogP contribution in [0.5, 0.6) is 0 Å². The molecule has 1 unspecified atom stereocenters. The molecule has 2 amide bonds. The molecule has 26 heavy (non-hydrogen) atoms. The van der Waals surface area contributed by atoms with Gasteiger partial charge in [-0.15, -0.1) is 0 Å². The molecule has 0 spiro atoms. The van der Waals surface area contributed by atoms with Crippen molar-refractivity contribution >= 4 is 11.8 Å². The van der Waals surface area contributed by atoms with Gasteiger partial charge < -0.3 is 10.2 Å². The molecule has 1 fully saturated rings. The normalized spacial score (nSPS) is 17.6. The van der Waals surface area contributed by atoms with Gasteiger partial charge in [-0.2, -0.15) is 18.3 Å². The van der Waals surface area contributed by atoms with Gasteiger partial charge in [0.25, 0.3) is 5.91 Å². The van der Waals surface area contributed by atoms with Gasteiger partial charge in [0.1, 0.15) is 5.69 Å². The Morgan fingerprint density at radius 1 is 1.31 bits per heavy atom. The highest BCUT2D eigenvalue weighted by Gasteiger charge is 2.36. The molecule has 1 atom stereocenters. The first-order valence-corrected chi connectivity index (χ1v) is 7.97. The third kappa shape index (κ3) is 3.71. The molecule has 9 heteroatoms. The van der Waals surface area contributed by atoms with E-state index in [0.717, 1.165) is 6.07 Å². The van der Waals surface area contributed by atoms with Crippen LogP contribution in [0.15, 0.2) is 36.5 Å². The molecule has 0 saturated carbocycles. The van der Waals surface area contributed by atoms with Gasteiger partial charge in [-0.25, -0.2) is 0 Å². The molecule has 1 aromatic heterocycles. The smallest absolute Gasteiger partial charge is 0.346 e. The Hall–Kier alpha value is -2.84. The van der Waals surface area contributed by atoms with Gasteiger partial charge in [0.05, 0.1) is 11.6 Å². The van der Waals surface area contributed by atoms with E-state index < -0.39 is 17.8 Å². The maximum Gasteiger partial charge on any atom is 0.416 e. The number of carbonyl (C=O) groups excluding carboxylic acids is 2. The Labute approximate surface area is 147 Å². The quantitative estimate of drug-likeness (QED) is 0.900. The Balaban J connectivity index is 1.68. The molecule has 3 rings (SSSR count). The second kappa shape index (κ2) is 6.81. The minimum Gasteiger partial charge on any atom is -0.346 e. The molecular formula is C17H17F3N4O2. The third-order valence-corrected chi connectivity index (χ3v) is 4.29. The number of halogens is 3. The van der Waals surface area contributed by atoms with Crippen molar-refractivity contribution in [2.75, 3.05) is 6.54 Å². The van der Waals surface area contributed by atoms with E-state index in [1.54, 1.807) is 13.1 Å². The largest absolute Gasteiger partial charge is 0.416 e. The lowest BCUT2D eigenvalue weighted by molar-refractivity contribution is -0.139. The number of nitrogens with one attached hydrogen (secondary N) is 1. The summed E-state index contributed by atoms with van der Waals surface area (Å²) < 4.78 is 40.7. The molecule has 0 aliphatic carbocycles. The van der Waals surface area contributed by atoms with Gasteiger partial charge in [-0.1, -0.05) is 18.2 Å². The van der Waals surface area contributed by atoms with Crippen LogP contribution < -0.4 is 5.32 Å². The first-order chi connectivity index (χ1) is 12.3. The second-order valence-electron chi connectivity index (χ2n) is 6.14. The van der Waals surface area contributed by atoms with E-state index in [4.69, 9.17) is 0 Å². The summed E-state index contributed by atoms with van der Waals surface area (Å²) in [6, 6.07) is 6.27. The van der Waals surface area contributed by atoms with Crippen LogP contribution in [-0.4, -0.2) is 39.1 Å². The van der Waals surface area contributed by atoms with Crippen molar-refractivity contribution in [3.05, 3.63) is 53.3 Å². The summed E-state index contributed by atoms with van der Waals surface area (Å²) in [5.41, 5.74) is -0.375. The highest BCUT2D eigenvalue weighted by molar-refractivity contribution is 5.93. The summed E-state index contributed by atoms with van der Waals surface area (Å²) in [4.78, 5) is 25.7. The van der Waals surface area contributed by atoms with Crippen molar-refractivity contribution in [3.8, 4) is 0 Å². The number of hydrogen-bond acceptors (Lipinski definition) is 3. The Bertz CT molecular complexity index is 831.